The maximum absolute atomic E-state index is 12.5. The van der Waals surface area contributed by atoms with Gasteiger partial charge >= 0.3 is 5.97 Å². The summed E-state index contributed by atoms with van der Waals surface area (Å²) in [6.45, 7) is 6.07. The van der Waals surface area contributed by atoms with Crippen LogP contribution in [0.3, 0.4) is 0 Å². The predicted octanol–water partition coefficient (Wildman–Crippen LogP) is 6.99. The van der Waals surface area contributed by atoms with Gasteiger partial charge in [0, 0.05) is 50.5 Å². The van der Waals surface area contributed by atoms with E-state index < -0.39 is 12.3 Å². The minimum atomic E-state index is -0.768. The van der Waals surface area contributed by atoms with Crippen LogP contribution in [0, 0.1) is 0 Å². The van der Waals surface area contributed by atoms with Crippen LogP contribution >= 0.6 is 0 Å². The first-order valence-electron chi connectivity index (χ1n) is 19.1. The zero-order valence-electron chi connectivity index (χ0n) is 29.9. The quantitative estimate of drug-likeness (QED) is 0.130. The van der Waals surface area contributed by atoms with E-state index in [1.807, 2.05) is 24.3 Å². The van der Waals surface area contributed by atoms with Crippen LogP contribution in [0.4, 0.5) is 0 Å². The van der Waals surface area contributed by atoms with Crippen LogP contribution in [0.25, 0.3) is 11.1 Å². The molecule has 3 saturated heterocycles. The standard InChI is InChI=1S/C42H55N3O6/c46-30-31-17-19-33(20-18-31)39-26-38(29-45-23-9-14-37(45)28-44-21-5-6-22-44)50-42(51-39)36-13-8-12-35(25-36)34-11-7-10-32(24-34)27-43-40(47)15-3-1-2-4-16-41(48)49/h7-8,10-13,17-20,24-25,37-39,42,46H,1-6,9,14-16,21-23,26-30H2,(H,43,47)(H,48,49)/t37-,38-,39+,42+/m0/s1. The molecular formula is C42H55N3O6. The van der Waals surface area contributed by atoms with Crippen molar-refractivity contribution >= 4 is 11.9 Å². The fourth-order valence-corrected chi connectivity index (χ4v) is 7.83. The van der Waals surface area contributed by atoms with Crippen molar-refractivity contribution in [3.63, 3.8) is 0 Å². The number of likely N-dealkylation sites (tertiary alicyclic amines) is 2. The third kappa shape index (κ3) is 10.9. The van der Waals surface area contributed by atoms with Crippen LogP contribution in [0.2, 0.25) is 0 Å². The van der Waals surface area contributed by atoms with Crippen molar-refractivity contribution in [1.29, 1.82) is 0 Å². The summed E-state index contributed by atoms with van der Waals surface area (Å²) in [5.74, 6) is -0.756. The van der Waals surface area contributed by atoms with Crippen molar-refractivity contribution in [3.8, 4) is 11.1 Å². The Morgan fingerprint density at radius 1 is 0.765 bits per heavy atom. The topological polar surface area (TPSA) is 112 Å². The highest BCUT2D eigenvalue weighted by Gasteiger charge is 2.36. The minimum Gasteiger partial charge on any atom is -0.481 e. The largest absolute Gasteiger partial charge is 0.481 e. The highest BCUT2D eigenvalue weighted by atomic mass is 16.7. The summed E-state index contributed by atoms with van der Waals surface area (Å²) in [5, 5.41) is 21.4. The summed E-state index contributed by atoms with van der Waals surface area (Å²) in [4.78, 5) is 28.4. The molecule has 3 heterocycles. The van der Waals surface area contributed by atoms with Crippen LogP contribution in [0.15, 0.2) is 72.8 Å². The minimum absolute atomic E-state index is 0.0126. The number of unbranched alkanes of at least 4 members (excludes halogenated alkanes) is 3. The fraction of sp³-hybridized carbons (Fsp3) is 0.524. The molecule has 3 aromatic rings. The van der Waals surface area contributed by atoms with Crippen molar-refractivity contribution < 1.29 is 29.3 Å². The van der Waals surface area contributed by atoms with Crippen LogP contribution in [-0.2, 0) is 32.2 Å². The molecule has 0 unspecified atom stereocenters. The van der Waals surface area contributed by atoms with Gasteiger partial charge in [0.1, 0.15) is 0 Å². The lowest BCUT2D eigenvalue weighted by atomic mass is 9.98. The van der Waals surface area contributed by atoms with Crippen molar-refractivity contribution in [2.45, 2.75) is 108 Å². The number of aliphatic hydroxyl groups excluding tert-OH is 1. The molecule has 0 aromatic heterocycles. The molecule has 0 saturated carbocycles. The molecule has 3 fully saturated rings. The van der Waals surface area contributed by atoms with Gasteiger partial charge in [-0.1, -0.05) is 73.5 Å². The first-order valence-corrected chi connectivity index (χ1v) is 19.1. The second-order valence-electron chi connectivity index (χ2n) is 14.6. The van der Waals surface area contributed by atoms with Gasteiger partial charge in [-0.2, -0.15) is 0 Å². The summed E-state index contributed by atoms with van der Waals surface area (Å²) >= 11 is 0. The molecule has 3 N–H and O–H groups in total. The molecule has 9 heteroatoms. The summed E-state index contributed by atoms with van der Waals surface area (Å²) in [5.41, 5.74) is 6.12. The Bertz CT molecular complexity index is 1560. The molecule has 0 radical (unpaired) electrons. The molecule has 0 spiro atoms. The number of hydrogen-bond donors (Lipinski definition) is 3. The van der Waals surface area contributed by atoms with E-state index in [1.54, 1.807) is 0 Å². The Morgan fingerprint density at radius 2 is 1.51 bits per heavy atom. The smallest absolute Gasteiger partial charge is 0.303 e. The summed E-state index contributed by atoms with van der Waals surface area (Å²) in [7, 11) is 0. The molecule has 51 heavy (non-hydrogen) atoms. The maximum atomic E-state index is 12.5. The molecule has 0 bridgehead atoms. The third-order valence-electron chi connectivity index (χ3n) is 10.7. The van der Waals surface area contributed by atoms with Gasteiger partial charge in [0.05, 0.1) is 18.8 Å². The van der Waals surface area contributed by atoms with E-state index in [2.05, 4.69) is 63.6 Å². The molecule has 6 rings (SSSR count). The molecular weight excluding hydrogens is 642 g/mol. The molecule has 274 valence electrons. The molecule has 3 aromatic carbocycles. The Morgan fingerprint density at radius 3 is 2.27 bits per heavy atom. The Balaban J connectivity index is 1.11. The number of ether oxygens (including phenoxy) is 2. The number of rotatable bonds is 17. The molecule has 3 aliphatic heterocycles. The predicted molar refractivity (Wildman–Crippen MR) is 198 cm³/mol. The van der Waals surface area contributed by atoms with E-state index in [0.717, 1.165) is 78.7 Å². The second kappa shape index (κ2) is 18.8. The van der Waals surface area contributed by atoms with Gasteiger partial charge < -0.3 is 29.9 Å². The van der Waals surface area contributed by atoms with Crippen LogP contribution in [-0.4, -0.2) is 76.8 Å². The first-order chi connectivity index (χ1) is 24.9. The lowest BCUT2D eigenvalue weighted by Crippen LogP contribution is -2.45. The maximum Gasteiger partial charge on any atom is 0.303 e. The van der Waals surface area contributed by atoms with E-state index in [-0.39, 0.29) is 31.1 Å². The number of aliphatic hydroxyl groups is 1. The van der Waals surface area contributed by atoms with Gasteiger partial charge in [0.15, 0.2) is 6.29 Å². The molecule has 0 aliphatic carbocycles. The van der Waals surface area contributed by atoms with Crippen LogP contribution in [0.1, 0.15) is 105 Å². The van der Waals surface area contributed by atoms with Crippen LogP contribution in [0.5, 0.6) is 0 Å². The highest BCUT2D eigenvalue weighted by Crippen LogP contribution is 2.39. The zero-order chi connectivity index (χ0) is 35.4. The van der Waals surface area contributed by atoms with Crippen molar-refractivity contribution in [1.82, 2.24) is 15.1 Å². The average Bonchev–Trinajstić information content (AvgIpc) is 3.84. The molecule has 3 aliphatic rings. The number of carboxylic acid groups (broad SMARTS) is 1. The summed E-state index contributed by atoms with van der Waals surface area (Å²) in [6, 6.07) is 25.3. The molecule has 4 atom stereocenters. The molecule has 9 nitrogen and oxygen atoms in total. The highest BCUT2D eigenvalue weighted by molar-refractivity contribution is 5.76. The van der Waals surface area contributed by atoms with Crippen LogP contribution < -0.4 is 5.32 Å². The van der Waals surface area contributed by atoms with E-state index in [9.17, 15) is 14.7 Å². The van der Waals surface area contributed by atoms with Gasteiger partial charge in [-0.3, -0.25) is 14.5 Å². The van der Waals surface area contributed by atoms with Gasteiger partial charge in [-0.05, 0) is 98.1 Å². The van der Waals surface area contributed by atoms with Crippen molar-refractivity contribution in [3.05, 3.63) is 95.1 Å². The monoisotopic (exact) mass is 697 g/mol. The zero-order valence-corrected chi connectivity index (χ0v) is 29.9. The number of amides is 1. The Labute approximate surface area is 302 Å². The van der Waals surface area contributed by atoms with E-state index in [0.29, 0.717) is 25.4 Å². The number of nitrogens with one attached hydrogen (secondary N) is 1. The van der Waals surface area contributed by atoms with E-state index >= 15 is 0 Å². The average molecular weight is 698 g/mol. The number of hydrogen-bond acceptors (Lipinski definition) is 7. The van der Waals surface area contributed by atoms with Gasteiger partial charge in [-0.15, -0.1) is 0 Å². The lowest BCUT2D eigenvalue weighted by molar-refractivity contribution is -0.253. The van der Waals surface area contributed by atoms with Gasteiger partial charge in [-0.25, -0.2) is 0 Å². The first kappa shape index (κ1) is 37.2. The Kier molecular flexibility index (Phi) is 13.7. The summed E-state index contributed by atoms with van der Waals surface area (Å²) in [6.07, 6.45) is 9.00. The second-order valence-corrected chi connectivity index (χ2v) is 14.6. The van der Waals surface area contributed by atoms with E-state index in [1.165, 1.54) is 38.8 Å². The lowest BCUT2D eigenvalue weighted by Gasteiger charge is -2.39. The summed E-state index contributed by atoms with van der Waals surface area (Å²) < 4.78 is 13.5. The number of carbonyl (C=O) groups excluding carboxylic acids is 1. The number of aliphatic carboxylic acids is 1. The van der Waals surface area contributed by atoms with Gasteiger partial charge in [0.2, 0.25) is 5.91 Å². The molecule has 1 amide bonds. The third-order valence-corrected chi connectivity index (χ3v) is 10.7. The Hall–Kier alpha value is -3.60. The normalized spacial score (nSPS) is 22.7. The number of carboxylic acids is 1. The fourth-order valence-electron chi connectivity index (χ4n) is 7.83. The van der Waals surface area contributed by atoms with E-state index in [4.69, 9.17) is 14.6 Å². The number of carbonyl (C=O) groups is 2. The van der Waals surface area contributed by atoms with Crippen molar-refractivity contribution in [2.75, 3.05) is 32.7 Å². The SMILES string of the molecule is O=C(O)CCCCCCC(=O)NCc1cccc(-c2cccc([C@@H]3O[C@H](CN4CCC[C@H]4CN4CCCC4)C[C@H](c4ccc(CO)cc4)O3)c2)c1. The van der Waals surface area contributed by atoms with Gasteiger partial charge in [0.25, 0.3) is 0 Å². The van der Waals surface area contributed by atoms with Crippen molar-refractivity contribution in [2.24, 2.45) is 0 Å². The number of benzene rings is 3. The number of nitrogens with zero attached hydrogens (tertiary/aromatic N) is 2.